The van der Waals surface area contributed by atoms with E-state index in [0.29, 0.717) is 10.9 Å². The van der Waals surface area contributed by atoms with Crippen LogP contribution in [-0.4, -0.2) is 33.5 Å². The number of likely N-dealkylation sites (N-methyl/N-ethyl adjacent to an activating group) is 1. The molecule has 0 saturated heterocycles. The van der Waals surface area contributed by atoms with Crippen molar-refractivity contribution < 1.29 is 9.72 Å². The molecule has 0 radical (unpaired) electrons. The molecule has 22 heavy (non-hydrogen) atoms. The molecular formula is C13H15N5O4. The number of aromatic nitrogens is 2. The zero-order valence-electron chi connectivity index (χ0n) is 12.3. The topological polar surface area (TPSA) is 119 Å². The zero-order chi connectivity index (χ0) is 16.4. The number of hydrogen-bond donors (Lipinski definition) is 2. The second kappa shape index (κ2) is 5.80. The van der Waals surface area contributed by atoms with Gasteiger partial charge < -0.3 is 10.6 Å². The van der Waals surface area contributed by atoms with Gasteiger partial charge in [0.1, 0.15) is 11.9 Å². The molecule has 0 fully saturated rings. The number of nitrogens with zero attached hydrogens (tertiary/aromatic N) is 3. The number of anilines is 1. The second-order valence-electron chi connectivity index (χ2n) is 4.74. The van der Waals surface area contributed by atoms with Crippen LogP contribution in [0.15, 0.2) is 23.0 Å². The average Bonchev–Trinajstić information content (AvgIpc) is 2.50. The molecule has 0 aliphatic heterocycles. The van der Waals surface area contributed by atoms with Crippen molar-refractivity contribution >= 4 is 28.3 Å². The Morgan fingerprint density at radius 2 is 2.14 bits per heavy atom. The summed E-state index contributed by atoms with van der Waals surface area (Å²) in [5.74, 6) is -0.154. The maximum absolute atomic E-state index is 11.9. The second-order valence-corrected chi connectivity index (χ2v) is 4.74. The van der Waals surface area contributed by atoms with Crippen LogP contribution in [0.3, 0.4) is 0 Å². The molecular weight excluding hydrogens is 290 g/mol. The number of aryl methyl sites for hydroxylation is 1. The van der Waals surface area contributed by atoms with Gasteiger partial charge in [-0.1, -0.05) is 0 Å². The number of rotatable bonds is 4. The minimum atomic E-state index is -0.646. The van der Waals surface area contributed by atoms with Gasteiger partial charge in [-0.05, 0) is 13.0 Å². The fourth-order valence-electron chi connectivity index (χ4n) is 2.05. The van der Waals surface area contributed by atoms with Crippen molar-refractivity contribution in [2.45, 2.75) is 13.0 Å². The quantitative estimate of drug-likeness (QED) is 0.623. The van der Waals surface area contributed by atoms with Crippen molar-refractivity contribution in [2.75, 3.05) is 12.4 Å². The van der Waals surface area contributed by atoms with Gasteiger partial charge in [-0.3, -0.25) is 19.5 Å². The van der Waals surface area contributed by atoms with Gasteiger partial charge in [0.25, 0.3) is 5.69 Å². The molecule has 116 valence electrons. The number of carbonyl (C=O) groups is 1. The molecule has 1 aromatic carbocycles. The molecule has 9 heteroatoms. The summed E-state index contributed by atoms with van der Waals surface area (Å²) >= 11 is 0. The maximum Gasteiger partial charge on any atom is 0.349 e. The molecule has 1 aromatic heterocycles. The highest BCUT2D eigenvalue weighted by molar-refractivity contribution is 5.93. The number of fused-ring (bicyclic) bond motifs is 1. The van der Waals surface area contributed by atoms with E-state index in [9.17, 15) is 19.7 Å². The molecule has 9 nitrogen and oxygen atoms in total. The molecule has 0 saturated carbocycles. The summed E-state index contributed by atoms with van der Waals surface area (Å²) in [4.78, 5) is 37.7. The van der Waals surface area contributed by atoms with Gasteiger partial charge in [0.2, 0.25) is 5.91 Å². The fraction of sp³-hybridized carbons (Fsp3) is 0.308. The Morgan fingerprint density at radius 3 is 2.73 bits per heavy atom. The molecule has 0 aliphatic carbocycles. The number of non-ortho nitro benzene ring substituents is 1. The number of nitro benzene ring substituents is 1. The predicted molar refractivity (Wildman–Crippen MR) is 80.8 cm³/mol. The highest BCUT2D eigenvalue weighted by Gasteiger charge is 2.17. The lowest BCUT2D eigenvalue weighted by atomic mass is 10.2. The number of carbonyl (C=O) groups excluding carboxylic acids is 1. The molecule has 0 unspecified atom stereocenters. The Bertz CT molecular complexity index is 814. The average molecular weight is 305 g/mol. The van der Waals surface area contributed by atoms with E-state index in [4.69, 9.17) is 0 Å². The Kier molecular flexibility index (Phi) is 4.06. The smallest absolute Gasteiger partial charge is 0.349 e. The van der Waals surface area contributed by atoms with Gasteiger partial charge in [-0.2, -0.15) is 4.98 Å². The number of amides is 1. The summed E-state index contributed by atoms with van der Waals surface area (Å²) in [6.45, 7) is 1.60. The molecule has 2 rings (SSSR count). The van der Waals surface area contributed by atoms with E-state index in [1.165, 1.54) is 36.9 Å². The summed E-state index contributed by atoms with van der Waals surface area (Å²) < 4.78 is 1.29. The third-order valence-electron chi connectivity index (χ3n) is 3.29. The molecule has 0 spiro atoms. The summed E-state index contributed by atoms with van der Waals surface area (Å²) in [5, 5.41) is 16.6. The van der Waals surface area contributed by atoms with Crippen molar-refractivity contribution in [1.29, 1.82) is 0 Å². The lowest BCUT2D eigenvalue weighted by Crippen LogP contribution is -2.36. The minimum absolute atomic E-state index is 0.122. The number of nitrogens with one attached hydrogen (secondary N) is 2. The number of hydrogen-bond acceptors (Lipinski definition) is 6. The molecule has 0 bridgehead atoms. The van der Waals surface area contributed by atoms with Crippen LogP contribution in [0.1, 0.15) is 6.92 Å². The molecule has 2 N–H and O–H groups in total. The van der Waals surface area contributed by atoms with Gasteiger partial charge in [-0.25, -0.2) is 4.79 Å². The first-order valence-electron chi connectivity index (χ1n) is 6.48. The maximum atomic E-state index is 11.9. The Morgan fingerprint density at radius 1 is 1.45 bits per heavy atom. The zero-order valence-corrected chi connectivity index (χ0v) is 12.3. The first-order chi connectivity index (χ1) is 10.3. The summed E-state index contributed by atoms with van der Waals surface area (Å²) in [6.07, 6.45) is 0. The van der Waals surface area contributed by atoms with Crippen molar-refractivity contribution in [2.24, 2.45) is 7.05 Å². The number of benzene rings is 1. The first-order valence-corrected chi connectivity index (χ1v) is 6.48. The largest absolute Gasteiger partial charge is 0.358 e. The normalized spacial score (nSPS) is 12.0. The summed E-state index contributed by atoms with van der Waals surface area (Å²) in [7, 11) is 3.01. The van der Waals surface area contributed by atoms with Gasteiger partial charge in [0.05, 0.1) is 10.4 Å². The van der Waals surface area contributed by atoms with E-state index in [2.05, 4.69) is 15.6 Å². The minimum Gasteiger partial charge on any atom is -0.358 e. The highest BCUT2D eigenvalue weighted by Crippen LogP contribution is 2.24. The Balaban J connectivity index is 2.63. The lowest BCUT2D eigenvalue weighted by Gasteiger charge is -2.15. The Labute approximate surface area is 125 Å². The van der Waals surface area contributed by atoms with Crippen molar-refractivity contribution in [3.63, 3.8) is 0 Å². The van der Waals surface area contributed by atoms with Crippen LogP contribution in [0.2, 0.25) is 0 Å². The van der Waals surface area contributed by atoms with Crippen LogP contribution in [0, 0.1) is 10.1 Å². The molecule has 1 atom stereocenters. The predicted octanol–water partition coefficient (Wildman–Crippen LogP) is 0.388. The first kappa shape index (κ1) is 15.4. The third kappa shape index (κ3) is 2.73. The van der Waals surface area contributed by atoms with Gasteiger partial charge >= 0.3 is 5.69 Å². The van der Waals surface area contributed by atoms with Crippen molar-refractivity contribution in [3.05, 3.63) is 38.8 Å². The number of nitro groups is 1. The van der Waals surface area contributed by atoms with Gasteiger partial charge in [-0.15, -0.1) is 0 Å². The van der Waals surface area contributed by atoms with E-state index in [-0.39, 0.29) is 17.4 Å². The van der Waals surface area contributed by atoms with E-state index < -0.39 is 16.7 Å². The van der Waals surface area contributed by atoms with E-state index in [1.807, 2.05) is 0 Å². The standard InChI is InChI=1S/C13H15N5O4/c1-7(12(19)14-2)15-11-9-6-8(18(21)22)4-5-10(9)17(3)13(20)16-11/h4-7H,1-3H3,(H,14,19)(H,15,16,20)/t7-/m1/s1. The monoisotopic (exact) mass is 305 g/mol. The van der Waals surface area contributed by atoms with Crippen molar-refractivity contribution in [1.82, 2.24) is 14.9 Å². The molecule has 2 aromatic rings. The van der Waals surface area contributed by atoms with Crippen LogP contribution in [-0.2, 0) is 11.8 Å². The van der Waals surface area contributed by atoms with Crippen LogP contribution in [0.5, 0.6) is 0 Å². The summed E-state index contributed by atoms with van der Waals surface area (Å²) in [5.41, 5.74) is -0.159. The van der Waals surface area contributed by atoms with Crippen LogP contribution in [0.25, 0.3) is 10.9 Å². The van der Waals surface area contributed by atoms with Crippen LogP contribution < -0.4 is 16.3 Å². The molecule has 1 amide bonds. The van der Waals surface area contributed by atoms with Crippen molar-refractivity contribution in [3.8, 4) is 0 Å². The van der Waals surface area contributed by atoms with Gasteiger partial charge in [0.15, 0.2) is 0 Å². The summed E-state index contributed by atoms with van der Waals surface area (Å²) in [6, 6.07) is 3.47. The molecule has 0 aliphatic rings. The van der Waals surface area contributed by atoms with Crippen LogP contribution in [0.4, 0.5) is 11.5 Å². The highest BCUT2D eigenvalue weighted by atomic mass is 16.6. The van der Waals surface area contributed by atoms with E-state index in [1.54, 1.807) is 6.92 Å². The SMILES string of the molecule is CNC(=O)[C@@H](C)Nc1nc(=O)n(C)c2ccc([N+](=O)[O-])cc12. The van der Waals surface area contributed by atoms with E-state index in [0.717, 1.165) is 0 Å². The van der Waals surface area contributed by atoms with E-state index >= 15 is 0 Å². The fourth-order valence-corrected chi connectivity index (χ4v) is 2.05. The lowest BCUT2D eigenvalue weighted by molar-refractivity contribution is -0.384. The Hall–Kier alpha value is -2.97. The van der Waals surface area contributed by atoms with Crippen LogP contribution >= 0.6 is 0 Å². The van der Waals surface area contributed by atoms with Gasteiger partial charge in [0, 0.05) is 31.6 Å². The molecule has 1 heterocycles. The third-order valence-corrected chi connectivity index (χ3v) is 3.29.